The molecule has 0 saturated heterocycles. The molecule has 0 aliphatic rings. The average Bonchev–Trinajstić information content (AvgIpc) is 2.30. The van der Waals surface area contributed by atoms with Crippen molar-refractivity contribution in [3.63, 3.8) is 0 Å². The van der Waals surface area contributed by atoms with E-state index in [9.17, 15) is 4.79 Å². The fourth-order valence-electron chi connectivity index (χ4n) is 1.41. The highest BCUT2D eigenvalue weighted by Crippen LogP contribution is 2.44. The Hall–Kier alpha value is -0.480. The monoisotopic (exact) mass is 309 g/mol. The first kappa shape index (κ1) is 15.6. The van der Waals surface area contributed by atoms with E-state index in [2.05, 4.69) is 0 Å². The van der Waals surface area contributed by atoms with Gasteiger partial charge in [-0.1, -0.05) is 29.8 Å². The van der Waals surface area contributed by atoms with Crippen LogP contribution in [0.5, 0.6) is 0 Å². The Bertz CT molecular complexity index is 447. The lowest BCUT2D eigenvalue weighted by atomic mass is 9.84. The van der Waals surface area contributed by atoms with Gasteiger partial charge in [-0.2, -0.15) is 0 Å². The molecule has 2 N–H and O–H groups in total. The molecule has 1 aromatic carbocycles. The van der Waals surface area contributed by atoms with E-state index in [4.69, 9.17) is 40.0 Å². The molecule has 0 aliphatic heterocycles. The number of carbonyl (C=O) groups is 1. The third-order valence-corrected chi connectivity index (χ3v) is 4.53. The van der Waals surface area contributed by atoms with Crippen LogP contribution in [0.4, 0.5) is 0 Å². The summed E-state index contributed by atoms with van der Waals surface area (Å²) in [7, 11) is 0. The Kier molecular flexibility index (Phi) is 4.90. The summed E-state index contributed by atoms with van der Waals surface area (Å²) in [6, 6.07) is 7.11. The van der Waals surface area contributed by atoms with Crippen molar-refractivity contribution in [3.8, 4) is 0 Å². The van der Waals surface area contributed by atoms with E-state index in [1.54, 1.807) is 37.5 Å². The number of benzene rings is 1. The maximum atomic E-state index is 11.6. The zero-order valence-corrected chi connectivity index (χ0v) is 12.3. The molecule has 0 fully saturated rings. The normalized spacial score (nSPS) is 12.3. The molecule has 0 bridgehead atoms. The van der Waals surface area contributed by atoms with Crippen molar-refractivity contribution in [1.82, 2.24) is 5.48 Å². The van der Waals surface area contributed by atoms with Crippen LogP contribution in [-0.2, 0) is 11.2 Å². The van der Waals surface area contributed by atoms with Crippen LogP contribution in [0.3, 0.4) is 0 Å². The number of hydroxylamine groups is 1. The Morgan fingerprint density at radius 1 is 1.33 bits per heavy atom. The molecule has 3 nitrogen and oxygen atoms in total. The van der Waals surface area contributed by atoms with Crippen molar-refractivity contribution in [1.29, 1.82) is 0 Å². The van der Waals surface area contributed by atoms with Gasteiger partial charge in [-0.3, -0.25) is 10.0 Å². The van der Waals surface area contributed by atoms with E-state index in [-0.39, 0.29) is 6.42 Å². The Labute approximate surface area is 121 Å². The Morgan fingerprint density at radius 3 is 2.39 bits per heavy atom. The second-order valence-electron chi connectivity index (χ2n) is 4.54. The first-order valence-electron chi connectivity index (χ1n) is 5.28. The first-order chi connectivity index (χ1) is 8.22. The SMILES string of the molecule is CC(C)(C(=O)NO)C(Cl)(Cl)Cc1ccccc1Cl. The number of hydrogen-bond acceptors (Lipinski definition) is 2. The second kappa shape index (κ2) is 5.66. The molecule has 6 heteroatoms. The highest BCUT2D eigenvalue weighted by molar-refractivity contribution is 6.50. The molecule has 100 valence electrons. The number of nitrogens with one attached hydrogen (secondary N) is 1. The Morgan fingerprint density at radius 2 is 1.89 bits per heavy atom. The number of hydrogen-bond donors (Lipinski definition) is 2. The van der Waals surface area contributed by atoms with E-state index in [1.165, 1.54) is 0 Å². The van der Waals surface area contributed by atoms with Gasteiger partial charge in [-0.05, 0) is 25.5 Å². The number of amides is 1. The van der Waals surface area contributed by atoms with Crippen molar-refractivity contribution in [2.45, 2.75) is 24.6 Å². The van der Waals surface area contributed by atoms with Gasteiger partial charge in [0.2, 0.25) is 0 Å². The van der Waals surface area contributed by atoms with E-state index in [0.717, 1.165) is 5.56 Å². The van der Waals surface area contributed by atoms with Gasteiger partial charge in [0.05, 0.1) is 5.41 Å². The summed E-state index contributed by atoms with van der Waals surface area (Å²) in [6.45, 7) is 3.10. The predicted octanol–water partition coefficient (Wildman–Crippen LogP) is 3.59. The largest absolute Gasteiger partial charge is 0.289 e. The smallest absolute Gasteiger partial charge is 0.252 e. The summed E-state index contributed by atoms with van der Waals surface area (Å²) in [6.07, 6.45) is 0.191. The van der Waals surface area contributed by atoms with E-state index >= 15 is 0 Å². The van der Waals surface area contributed by atoms with E-state index < -0.39 is 15.7 Å². The molecule has 0 radical (unpaired) electrons. The van der Waals surface area contributed by atoms with Crippen LogP contribution in [0.25, 0.3) is 0 Å². The molecule has 0 aliphatic carbocycles. The summed E-state index contributed by atoms with van der Waals surface area (Å²) in [5.41, 5.74) is 1.13. The maximum Gasteiger partial charge on any atom is 0.252 e. The van der Waals surface area contributed by atoms with Gasteiger partial charge in [-0.25, -0.2) is 5.48 Å². The van der Waals surface area contributed by atoms with E-state index in [0.29, 0.717) is 5.02 Å². The minimum absolute atomic E-state index is 0.191. The van der Waals surface area contributed by atoms with Gasteiger partial charge in [0.25, 0.3) is 5.91 Å². The molecule has 0 aromatic heterocycles. The van der Waals surface area contributed by atoms with Gasteiger partial charge < -0.3 is 0 Å². The predicted molar refractivity (Wildman–Crippen MR) is 73.3 cm³/mol. The lowest BCUT2D eigenvalue weighted by Gasteiger charge is -2.35. The van der Waals surface area contributed by atoms with Crippen LogP contribution in [-0.4, -0.2) is 15.4 Å². The van der Waals surface area contributed by atoms with Gasteiger partial charge >= 0.3 is 0 Å². The quantitative estimate of drug-likeness (QED) is 0.507. The summed E-state index contributed by atoms with van der Waals surface area (Å²) < 4.78 is -1.40. The van der Waals surface area contributed by atoms with Crippen molar-refractivity contribution >= 4 is 40.7 Å². The fraction of sp³-hybridized carbons (Fsp3) is 0.417. The lowest BCUT2D eigenvalue weighted by molar-refractivity contribution is -0.138. The fourth-order valence-corrected chi connectivity index (χ4v) is 2.07. The molecule has 1 rings (SSSR count). The van der Waals surface area contributed by atoms with Gasteiger partial charge in [0, 0.05) is 11.4 Å². The third kappa shape index (κ3) is 3.09. The van der Waals surface area contributed by atoms with Crippen molar-refractivity contribution in [2.24, 2.45) is 5.41 Å². The zero-order valence-electron chi connectivity index (χ0n) is 10.0. The maximum absolute atomic E-state index is 11.6. The highest BCUT2D eigenvalue weighted by atomic mass is 35.5. The molecule has 18 heavy (non-hydrogen) atoms. The van der Waals surface area contributed by atoms with Crippen molar-refractivity contribution < 1.29 is 10.0 Å². The number of halogens is 3. The molecule has 1 aromatic rings. The summed E-state index contributed by atoms with van der Waals surface area (Å²) in [5, 5.41) is 9.24. The topological polar surface area (TPSA) is 49.3 Å². The van der Waals surface area contributed by atoms with Crippen LogP contribution in [0, 0.1) is 5.41 Å². The van der Waals surface area contributed by atoms with Crippen molar-refractivity contribution in [2.75, 3.05) is 0 Å². The molecular formula is C12H14Cl3NO2. The van der Waals surface area contributed by atoms with Crippen LogP contribution in [0.2, 0.25) is 5.02 Å². The third-order valence-electron chi connectivity index (χ3n) is 2.95. The summed E-state index contributed by atoms with van der Waals surface area (Å²) in [5.74, 6) is -0.653. The molecule has 0 atom stereocenters. The molecular weight excluding hydrogens is 296 g/mol. The van der Waals surface area contributed by atoms with Crippen LogP contribution in [0.1, 0.15) is 19.4 Å². The zero-order chi connectivity index (χ0) is 14.0. The molecule has 0 saturated carbocycles. The van der Waals surface area contributed by atoms with Gasteiger partial charge in [-0.15, -0.1) is 23.2 Å². The van der Waals surface area contributed by atoms with Crippen molar-refractivity contribution in [3.05, 3.63) is 34.9 Å². The molecule has 1 amide bonds. The molecule has 0 heterocycles. The van der Waals surface area contributed by atoms with Crippen LogP contribution in [0.15, 0.2) is 24.3 Å². The second-order valence-corrected chi connectivity index (χ2v) is 6.43. The summed E-state index contributed by atoms with van der Waals surface area (Å²) >= 11 is 18.5. The average molecular weight is 311 g/mol. The van der Waals surface area contributed by atoms with Gasteiger partial charge in [0.1, 0.15) is 4.33 Å². The summed E-state index contributed by atoms with van der Waals surface area (Å²) in [4.78, 5) is 11.6. The minimum atomic E-state index is -1.40. The minimum Gasteiger partial charge on any atom is -0.289 e. The number of alkyl halides is 2. The Balaban J connectivity index is 3.01. The first-order valence-corrected chi connectivity index (χ1v) is 6.41. The van der Waals surface area contributed by atoms with E-state index in [1.807, 2.05) is 6.07 Å². The highest BCUT2D eigenvalue weighted by Gasteiger charge is 2.47. The van der Waals surface area contributed by atoms with Crippen LogP contribution >= 0.6 is 34.8 Å². The number of rotatable bonds is 4. The standard InChI is InChI=1S/C12H14Cl3NO2/c1-11(2,10(17)16-18)12(14,15)7-8-5-3-4-6-9(8)13/h3-6,18H,7H2,1-2H3,(H,16,17). The van der Waals surface area contributed by atoms with Gasteiger partial charge in [0.15, 0.2) is 0 Å². The molecule has 0 spiro atoms. The molecule has 0 unspecified atom stereocenters. The number of carbonyl (C=O) groups excluding carboxylic acids is 1. The lowest BCUT2D eigenvalue weighted by Crippen LogP contribution is -2.47. The van der Waals surface area contributed by atoms with Crippen LogP contribution < -0.4 is 5.48 Å².